The van der Waals surface area contributed by atoms with E-state index in [4.69, 9.17) is 34.8 Å². The predicted molar refractivity (Wildman–Crippen MR) is 131 cm³/mol. The summed E-state index contributed by atoms with van der Waals surface area (Å²) in [4.78, 5) is 29.7. The minimum atomic E-state index is -1.18. The Kier molecular flexibility index (Phi) is 5.62. The summed E-state index contributed by atoms with van der Waals surface area (Å²) in [5.41, 5.74) is 2.73. The number of benzene rings is 3. The summed E-state index contributed by atoms with van der Waals surface area (Å²) >= 11 is 20.3. The van der Waals surface area contributed by atoms with Crippen molar-refractivity contribution in [1.29, 1.82) is 0 Å². The molecule has 4 nitrogen and oxygen atoms in total. The number of nitrogens with zero attached hydrogens (tertiary/aromatic N) is 2. The van der Waals surface area contributed by atoms with E-state index in [0.29, 0.717) is 39.5 Å². The number of rotatable bonds is 3. The van der Waals surface area contributed by atoms with Crippen LogP contribution in [0.1, 0.15) is 21.5 Å². The highest BCUT2D eigenvalue weighted by molar-refractivity contribution is 8.01. The lowest BCUT2D eigenvalue weighted by molar-refractivity contribution is -0.123. The van der Waals surface area contributed by atoms with E-state index in [1.807, 2.05) is 24.3 Å². The summed E-state index contributed by atoms with van der Waals surface area (Å²) in [6.07, 6.45) is 0. The van der Waals surface area contributed by atoms with E-state index < -0.39 is 4.87 Å². The number of anilines is 1. The van der Waals surface area contributed by atoms with Gasteiger partial charge in [-0.1, -0.05) is 59.1 Å². The number of halogens is 3. The van der Waals surface area contributed by atoms with Gasteiger partial charge < -0.3 is 9.80 Å². The molecule has 0 saturated carbocycles. The van der Waals surface area contributed by atoms with Crippen LogP contribution in [0.15, 0.2) is 66.7 Å². The molecule has 1 fully saturated rings. The van der Waals surface area contributed by atoms with Crippen LogP contribution in [0, 0.1) is 0 Å². The van der Waals surface area contributed by atoms with Gasteiger partial charge in [0.05, 0.1) is 12.2 Å². The average molecular weight is 504 g/mol. The first-order valence-electron chi connectivity index (χ1n) is 9.99. The molecule has 0 bridgehead atoms. The Morgan fingerprint density at radius 3 is 2.53 bits per heavy atom. The van der Waals surface area contributed by atoms with E-state index in [9.17, 15) is 9.59 Å². The first-order chi connectivity index (χ1) is 15.4. The molecule has 0 aromatic heterocycles. The summed E-state index contributed by atoms with van der Waals surface area (Å²) in [5.74, 6) is 0.216. The molecule has 2 aliphatic heterocycles. The highest BCUT2D eigenvalue weighted by Crippen LogP contribution is 2.55. The quantitative estimate of drug-likeness (QED) is 0.425. The van der Waals surface area contributed by atoms with Crippen molar-refractivity contribution in [3.63, 3.8) is 0 Å². The third-order valence-electron chi connectivity index (χ3n) is 5.76. The van der Waals surface area contributed by atoms with E-state index in [1.165, 1.54) is 11.8 Å². The highest BCUT2D eigenvalue weighted by atomic mass is 35.5. The summed E-state index contributed by atoms with van der Waals surface area (Å²) in [7, 11) is 0. The van der Waals surface area contributed by atoms with Crippen LogP contribution in [-0.4, -0.2) is 29.0 Å². The number of amides is 2. The van der Waals surface area contributed by atoms with Crippen molar-refractivity contribution in [2.75, 3.05) is 17.2 Å². The second-order valence-electron chi connectivity index (χ2n) is 7.60. The Balaban J connectivity index is 1.61. The van der Waals surface area contributed by atoms with Gasteiger partial charge in [0, 0.05) is 38.5 Å². The second kappa shape index (κ2) is 8.31. The maximum atomic E-state index is 14.0. The van der Waals surface area contributed by atoms with Crippen molar-refractivity contribution in [1.82, 2.24) is 4.90 Å². The van der Waals surface area contributed by atoms with Crippen molar-refractivity contribution in [3.8, 4) is 0 Å². The number of fused-ring (bicyclic) bond motifs is 2. The molecule has 2 amide bonds. The molecule has 5 rings (SSSR count). The van der Waals surface area contributed by atoms with Crippen molar-refractivity contribution in [2.24, 2.45) is 0 Å². The Morgan fingerprint density at radius 1 is 0.969 bits per heavy atom. The van der Waals surface area contributed by atoms with Crippen molar-refractivity contribution in [3.05, 3.63) is 98.5 Å². The molecule has 2 heterocycles. The van der Waals surface area contributed by atoms with Gasteiger partial charge in [0.1, 0.15) is 0 Å². The van der Waals surface area contributed by atoms with Crippen LogP contribution in [0.5, 0.6) is 0 Å². The zero-order chi connectivity index (χ0) is 22.5. The number of thioether (sulfide) groups is 1. The van der Waals surface area contributed by atoms with Gasteiger partial charge in [-0.3, -0.25) is 9.59 Å². The van der Waals surface area contributed by atoms with Crippen LogP contribution < -0.4 is 4.90 Å². The maximum Gasteiger partial charge on any atom is 0.268 e. The van der Waals surface area contributed by atoms with E-state index in [0.717, 1.165) is 16.8 Å². The fourth-order valence-electron chi connectivity index (χ4n) is 4.32. The maximum absolute atomic E-state index is 14.0. The Hall–Kier alpha value is -2.18. The third-order valence-corrected chi connectivity index (χ3v) is 8.02. The Morgan fingerprint density at radius 2 is 1.75 bits per heavy atom. The first-order valence-corrected chi connectivity index (χ1v) is 12.1. The smallest absolute Gasteiger partial charge is 0.268 e. The average Bonchev–Trinajstić information content (AvgIpc) is 3.32. The molecular weight excluding hydrogens is 487 g/mol. The summed E-state index contributed by atoms with van der Waals surface area (Å²) in [6.45, 7) is 0.738. The molecule has 1 unspecified atom stereocenters. The number of carbonyl (C=O) groups is 2. The minimum absolute atomic E-state index is 0.174. The second-order valence-corrected chi connectivity index (χ2v) is 10.2. The van der Waals surface area contributed by atoms with Gasteiger partial charge >= 0.3 is 0 Å². The Labute approximate surface area is 205 Å². The molecule has 1 spiro atoms. The Bertz CT molecular complexity index is 1250. The van der Waals surface area contributed by atoms with Crippen LogP contribution in [0.25, 0.3) is 0 Å². The molecule has 3 aromatic rings. The van der Waals surface area contributed by atoms with Crippen LogP contribution in [-0.2, 0) is 16.2 Å². The predicted octanol–water partition coefficient (Wildman–Crippen LogP) is 6.24. The SMILES string of the molecule is O=C(c1cccc(Cl)c1)N1CCSC12C(=O)N(Cc1ccccc1Cl)c1ccc(Cl)cc12. The standard InChI is InChI=1S/C24H17Cl3N2O2S/c25-17-6-3-5-15(12-17)22(30)29-10-11-32-24(29)19-13-18(26)8-9-21(19)28(23(24)31)14-16-4-1-2-7-20(16)27/h1-9,12-13H,10-11,14H2. The molecule has 3 aromatic carbocycles. The van der Waals surface area contributed by atoms with Crippen LogP contribution in [0.3, 0.4) is 0 Å². The fraction of sp³-hybridized carbons (Fsp3) is 0.167. The van der Waals surface area contributed by atoms with Gasteiger partial charge in [0.15, 0.2) is 4.87 Å². The molecule has 0 aliphatic carbocycles. The number of carbonyl (C=O) groups excluding carboxylic acids is 2. The van der Waals surface area contributed by atoms with Crippen LogP contribution >= 0.6 is 46.6 Å². The topological polar surface area (TPSA) is 40.6 Å². The van der Waals surface area contributed by atoms with E-state index >= 15 is 0 Å². The lowest BCUT2D eigenvalue weighted by Crippen LogP contribution is -2.50. The molecule has 32 heavy (non-hydrogen) atoms. The molecule has 0 N–H and O–H groups in total. The largest absolute Gasteiger partial charge is 0.311 e. The molecule has 0 radical (unpaired) electrons. The lowest BCUT2D eigenvalue weighted by atomic mass is 10.0. The van der Waals surface area contributed by atoms with Crippen LogP contribution in [0.4, 0.5) is 5.69 Å². The molecule has 162 valence electrons. The zero-order valence-corrected chi connectivity index (χ0v) is 19.8. The summed E-state index contributed by atoms with van der Waals surface area (Å²) in [6, 6.07) is 19.6. The van der Waals surface area contributed by atoms with Crippen molar-refractivity contribution < 1.29 is 9.59 Å². The third kappa shape index (κ3) is 3.39. The van der Waals surface area contributed by atoms with Gasteiger partial charge in [0.25, 0.3) is 11.8 Å². The van der Waals surface area contributed by atoms with Gasteiger partial charge in [-0.05, 0) is 48.0 Å². The van der Waals surface area contributed by atoms with Gasteiger partial charge in [-0.15, -0.1) is 11.8 Å². The number of hydrogen-bond donors (Lipinski definition) is 0. The molecule has 1 atom stereocenters. The van der Waals surface area contributed by atoms with E-state index in [-0.39, 0.29) is 11.8 Å². The van der Waals surface area contributed by atoms with E-state index in [1.54, 1.807) is 52.3 Å². The van der Waals surface area contributed by atoms with Gasteiger partial charge in [0.2, 0.25) is 0 Å². The lowest BCUT2D eigenvalue weighted by Gasteiger charge is -2.33. The minimum Gasteiger partial charge on any atom is -0.311 e. The monoisotopic (exact) mass is 502 g/mol. The number of hydrogen-bond acceptors (Lipinski definition) is 3. The zero-order valence-electron chi connectivity index (χ0n) is 16.7. The molecule has 1 saturated heterocycles. The van der Waals surface area contributed by atoms with Gasteiger partial charge in [-0.25, -0.2) is 0 Å². The van der Waals surface area contributed by atoms with Crippen molar-refractivity contribution in [2.45, 2.75) is 11.4 Å². The fourth-order valence-corrected chi connectivity index (χ4v) is 6.33. The first kappa shape index (κ1) is 21.7. The van der Waals surface area contributed by atoms with Crippen molar-refractivity contribution >= 4 is 64.1 Å². The summed E-state index contributed by atoms with van der Waals surface area (Å²) in [5, 5.41) is 1.57. The van der Waals surface area contributed by atoms with E-state index in [2.05, 4.69) is 0 Å². The molecule has 8 heteroatoms. The van der Waals surface area contributed by atoms with Gasteiger partial charge in [-0.2, -0.15) is 0 Å². The molecule has 2 aliphatic rings. The highest BCUT2D eigenvalue weighted by Gasteiger charge is 2.59. The van der Waals surface area contributed by atoms with Crippen LogP contribution in [0.2, 0.25) is 15.1 Å². The molecular formula is C24H17Cl3N2O2S. The normalized spacial score (nSPS) is 19.7. The summed E-state index contributed by atoms with van der Waals surface area (Å²) < 4.78 is 0.